The van der Waals surface area contributed by atoms with Crippen LogP contribution in [0.3, 0.4) is 0 Å². The van der Waals surface area contributed by atoms with Crippen LogP contribution in [-0.4, -0.2) is 26.5 Å². The Morgan fingerprint density at radius 2 is 2.06 bits per heavy atom. The SMILES string of the molecule is [2H][C@](Nc1cc(C)c2ncc(C#N)c(NCC(C)(C)C)c2c1)(c1cn(C2CC2)nn1)c1ccccc1Cl. The van der Waals surface area contributed by atoms with Crippen molar-refractivity contribution in [3.8, 4) is 6.07 Å². The van der Waals surface area contributed by atoms with Crippen LogP contribution in [-0.2, 0) is 0 Å². The Hall–Kier alpha value is -3.63. The van der Waals surface area contributed by atoms with Crippen LogP contribution in [0, 0.1) is 23.7 Å². The molecular weight excluding hydrogens is 470 g/mol. The van der Waals surface area contributed by atoms with Gasteiger partial charge in [-0.25, -0.2) is 4.68 Å². The highest BCUT2D eigenvalue weighted by molar-refractivity contribution is 6.31. The minimum Gasteiger partial charge on any atom is -0.383 e. The maximum absolute atomic E-state index is 9.80. The number of hydrogen-bond acceptors (Lipinski definition) is 6. The van der Waals surface area contributed by atoms with E-state index in [0.29, 0.717) is 40.1 Å². The van der Waals surface area contributed by atoms with E-state index in [0.717, 1.165) is 35.0 Å². The van der Waals surface area contributed by atoms with E-state index in [-0.39, 0.29) is 5.41 Å². The number of benzene rings is 2. The number of nitriles is 1. The van der Waals surface area contributed by atoms with Crippen LogP contribution in [0.25, 0.3) is 10.9 Å². The highest BCUT2D eigenvalue weighted by atomic mass is 35.5. The fourth-order valence-electron chi connectivity index (χ4n) is 4.17. The van der Waals surface area contributed by atoms with E-state index in [2.05, 4.69) is 52.8 Å². The van der Waals surface area contributed by atoms with E-state index < -0.39 is 6.02 Å². The molecule has 0 radical (unpaired) electrons. The number of aromatic nitrogens is 4. The first-order valence-corrected chi connectivity index (χ1v) is 12.5. The van der Waals surface area contributed by atoms with Gasteiger partial charge >= 0.3 is 0 Å². The maximum Gasteiger partial charge on any atom is 0.110 e. The Morgan fingerprint density at radius 1 is 1.28 bits per heavy atom. The van der Waals surface area contributed by atoms with Crippen molar-refractivity contribution in [3.63, 3.8) is 0 Å². The molecule has 0 saturated heterocycles. The zero-order valence-corrected chi connectivity index (χ0v) is 21.7. The molecule has 2 aromatic carbocycles. The van der Waals surface area contributed by atoms with Gasteiger partial charge in [0.15, 0.2) is 0 Å². The van der Waals surface area contributed by atoms with Gasteiger partial charge in [0.25, 0.3) is 0 Å². The van der Waals surface area contributed by atoms with Gasteiger partial charge in [0, 0.05) is 28.8 Å². The molecule has 8 heteroatoms. The summed E-state index contributed by atoms with van der Waals surface area (Å²) in [6.45, 7) is 9.08. The Labute approximate surface area is 217 Å². The van der Waals surface area contributed by atoms with Crippen LogP contribution in [0.2, 0.25) is 5.02 Å². The molecule has 0 spiro atoms. The molecule has 5 rings (SSSR count). The van der Waals surface area contributed by atoms with Gasteiger partial charge in [-0.3, -0.25) is 4.98 Å². The zero-order valence-electron chi connectivity index (χ0n) is 21.9. The third-order valence-electron chi connectivity index (χ3n) is 6.18. The topological polar surface area (TPSA) is 91.5 Å². The molecule has 7 nitrogen and oxygen atoms in total. The van der Waals surface area contributed by atoms with Gasteiger partial charge in [0.2, 0.25) is 0 Å². The summed E-state index contributed by atoms with van der Waals surface area (Å²) >= 11 is 6.61. The van der Waals surface area contributed by atoms with E-state index >= 15 is 0 Å². The van der Waals surface area contributed by atoms with Crippen molar-refractivity contribution in [1.29, 1.82) is 5.26 Å². The van der Waals surface area contributed by atoms with E-state index in [1.807, 2.05) is 48.1 Å². The number of aryl methyl sites for hydroxylation is 1. The summed E-state index contributed by atoms with van der Waals surface area (Å²) in [5.74, 6) is 0. The number of nitrogens with one attached hydrogen (secondary N) is 2. The fraction of sp³-hybridized carbons (Fsp3) is 0.357. The second-order valence-electron chi connectivity index (χ2n) is 10.6. The smallest absolute Gasteiger partial charge is 0.110 e. The monoisotopic (exact) mass is 500 g/mol. The molecule has 1 atom stereocenters. The van der Waals surface area contributed by atoms with Crippen molar-refractivity contribution in [2.45, 2.75) is 52.6 Å². The van der Waals surface area contributed by atoms with E-state index in [1.165, 1.54) is 0 Å². The first-order valence-electron chi connectivity index (χ1n) is 12.6. The van der Waals surface area contributed by atoms with Crippen LogP contribution in [0.4, 0.5) is 11.4 Å². The van der Waals surface area contributed by atoms with Crippen LogP contribution < -0.4 is 10.6 Å². The Morgan fingerprint density at radius 3 is 2.75 bits per heavy atom. The molecule has 0 bridgehead atoms. The summed E-state index contributed by atoms with van der Waals surface area (Å²) in [6.07, 6.45) is 5.58. The predicted molar refractivity (Wildman–Crippen MR) is 144 cm³/mol. The number of halogens is 1. The standard InChI is InChI=1S/C28H30ClN7/c1-17-11-19(12-22-25(17)31-14-18(13-30)26(22)32-16-28(2,3)4)33-27(21-7-5-6-8-23(21)29)24-15-36(35-34-24)20-9-10-20/h5-8,11-12,14-15,20,27,33H,9-10,16H2,1-4H3,(H,31,32)/t27-/m1/s1/i27D. The number of fused-ring (bicyclic) bond motifs is 1. The number of anilines is 2. The van der Waals surface area contributed by atoms with Gasteiger partial charge < -0.3 is 10.6 Å². The summed E-state index contributed by atoms with van der Waals surface area (Å²) in [4.78, 5) is 4.57. The van der Waals surface area contributed by atoms with E-state index in [4.69, 9.17) is 11.6 Å². The van der Waals surface area contributed by atoms with Crippen molar-refractivity contribution in [3.05, 3.63) is 76.2 Å². The van der Waals surface area contributed by atoms with Gasteiger partial charge in [-0.05, 0) is 54.5 Å². The highest BCUT2D eigenvalue weighted by Crippen LogP contribution is 2.37. The quantitative estimate of drug-likeness (QED) is 0.295. The largest absolute Gasteiger partial charge is 0.383 e. The van der Waals surface area contributed by atoms with Crippen LogP contribution >= 0.6 is 11.6 Å². The van der Waals surface area contributed by atoms with Gasteiger partial charge in [0.1, 0.15) is 11.8 Å². The Kier molecular flexibility index (Phi) is 5.98. The molecule has 1 saturated carbocycles. The van der Waals surface area contributed by atoms with E-state index in [1.54, 1.807) is 12.3 Å². The molecule has 0 unspecified atom stereocenters. The van der Waals surface area contributed by atoms with Crippen LogP contribution in [0.5, 0.6) is 0 Å². The summed E-state index contributed by atoms with van der Waals surface area (Å²) in [7, 11) is 0. The van der Waals surface area contributed by atoms with Crippen molar-refractivity contribution < 1.29 is 1.37 Å². The summed E-state index contributed by atoms with van der Waals surface area (Å²) < 4.78 is 11.5. The highest BCUT2D eigenvalue weighted by Gasteiger charge is 2.27. The van der Waals surface area contributed by atoms with Crippen molar-refractivity contribution >= 4 is 33.9 Å². The predicted octanol–water partition coefficient (Wildman–Crippen LogP) is 6.65. The first-order chi connectivity index (χ1) is 17.6. The Balaban J connectivity index is 1.64. The van der Waals surface area contributed by atoms with Gasteiger partial charge in [0.05, 0.1) is 36.4 Å². The fourth-order valence-corrected chi connectivity index (χ4v) is 4.40. The molecule has 4 aromatic rings. The normalized spacial score (nSPS) is 15.7. The molecule has 0 amide bonds. The number of pyridine rings is 1. The lowest BCUT2D eigenvalue weighted by Crippen LogP contribution is -2.20. The lowest BCUT2D eigenvalue weighted by atomic mass is 9.96. The van der Waals surface area contributed by atoms with Gasteiger partial charge in [-0.15, -0.1) is 5.10 Å². The molecule has 1 fully saturated rings. The average molecular weight is 501 g/mol. The minimum absolute atomic E-state index is 0.0149. The average Bonchev–Trinajstić information content (AvgIpc) is 3.57. The minimum atomic E-state index is -1.50. The molecule has 2 N–H and O–H groups in total. The van der Waals surface area contributed by atoms with E-state index in [9.17, 15) is 6.63 Å². The number of rotatable bonds is 7. The number of hydrogen-bond donors (Lipinski definition) is 2. The molecule has 1 aliphatic rings. The third-order valence-corrected chi connectivity index (χ3v) is 6.51. The molecule has 1 aliphatic carbocycles. The summed E-state index contributed by atoms with van der Waals surface area (Å²) in [6, 6.07) is 12.3. The second-order valence-corrected chi connectivity index (χ2v) is 11.0. The lowest BCUT2D eigenvalue weighted by molar-refractivity contribution is 0.443. The lowest BCUT2D eigenvalue weighted by Gasteiger charge is -2.23. The second kappa shape index (κ2) is 9.44. The van der Waals surface area contributed by atoms with Crippen molar-refractivity contribution in [2.75, 3.05) is 17.2 Å². The molecule has 36 heavy (non-hydrogen) atoms. The molecular formula is C28H30ClN7. The third kappa shape index (κ3) is 5.00. The first kappa shape index (κ1) is 22.8. The van der Waals surface area contributed by atoms with Gasteiger partial charge in [-0.1, -0.05) is 55.8 Å². The molecule has 184 valence electrons. The number of nitrogens with zero attached hydrogens (tertiary/aromatic N) is 5. The maximum atomic E-state index is 9.80. The van der Waals surface area contributed by atoms with Crippen molar-refractivity contribution in [2.24, 2.45) is 5.41 Å². The summed E-state index contributed by atoms with van der Waals surface area (Å²) in [5.41, 5.74) is 4.68. The van der Waals surface area contributed by atoms with Gasteiger partial charge in [-0.2, -0.15) is 5.26 Å². The summed E-state index contributed by atoms with van der Waals surface area (Å²) in [5, 5.41) is 26.6. The zero-order chi connectivity index (χ0) is 26.4. The van der Waals surface area contributed by atoms with Crippen molar-refractivity contribution in [1.82, 2.24) is 20.0 Å². The Bertz CT molecular complexity index is 1510. The van der Waals surface area contributed by atoms with Crippen LogP contribution in [0.1, 0.15) is 69.4 Å². The molecule has 2 heterocycles. The van der Waals surface area contributed by atoms with Crippen LogP contribution in [0.15, 0.2) is 48.8 Å². The molecule has 2 aromatic heterocycles. The molecule has 0 aliphatic heterocycles.